The van der Waals surface area contributed by atoms with Gasteiger partial charge in [-0.05, 0) is 22.4 Å². The first-order chi connectivity index (χ1) is 7.59. The van der Waals surface area contributed by atoms with E-state index in [1.54, 1.807) is 18.3 Å². The summed E-state index contributed by atoms with van der Waals surface area (Å²) >= 11 is 1.56. The SMILES string of the molecule is CC(CNC(=O)NCc1ccsc1)C(=O)O. The van der Waals surface area contributed by atoms with Crippen molar-refractivity contribution >= 4 is 23.3 Å². The minimum Gasteiger partial charge on any atom is -0.481 e. The Morgan fingerprint density at radius 2 is 2.25 bits per heavy atom. The van der Waals surface area contributed by atoms with Gasteiger partial charge in [-0.1, -0.05) is 6.92 Å². The van der Waals surface area contributed by atoms with Crippen molar-refractivity contribution in [2.75, 3.05) is 6.54 Å². The van der Waals surface area contributed by atoms with Gasteiger partial charge in [0.05, 0.1) is 5.92 Å². The fourth-order valence-electron chi connectivity index (χ4n) is 0.971. The van der Waals surface area contributed by atoms with Crippen molar-refractivity contribution in [3.63, 3.8) is 0 Å². The van der Waals surface area contributed by atoms with Crippen molar-refractivity contribution in [1.82, 2.24) is 10.6 Å². The van der Waals surface area contributed by atoms with Crippen LogP contribution in [0.3, 0.4) is 0 Å². The first-order valence-electron chi connectivity index (χ1n) is 4.85. The van der Waals surface area contributed by atoms with Crippen molar-refractivity contribution in [1.29, 1.82) is 0 Å². The minimum atomic E-state index is -0.918. The average Bonchev–Trinajstić information content (AvgIpc) is 2.75. The Morgan fingerprint density at radius 1 is 1.50 bits per heavy atom. The summed E-state index contributed by atoms with van der Waals surface area (Å²) < 4.78 is 0. The van der Waals surface area contributed by atoms with Crippen LogP contribution in [-0.4, -0.2) is 23.7 Å². The van der Waals surface area contributed by atoms with Crippen molar-refractivity contribution in [3.8, 4) is 0 Å². The summed E-state index contributed by atoms with van der Waals surface area (Å²) in [6, 6.07) is 1.57. The highest BCUT2D eigenvalue weighted by atomic mass is 32.1. The van der Waals surface area contributed by atoms with Crippen LogP contribution in [0, 0.1) is 5.92 Å². The van der Waals surface area contributed by atoms with E-state index in [1.165, 1.54) is 0 Å². The predicted octanol–water partition coefficient (Wildman–Crippen LogP) is 1.27. The molecule has 0 fully saturated rings. The fraction of sp³-hybridized carbons (Fsp3) is 0.400. The molecule has 0 bridgehead atoms. The molecule has 1 aromatic heterocycles. The van der Waals surface area contributed by atoms with Gasteiger partial charge in [0.2, 0.25) is 0 Å². The zero-order chi connectivity index (χ0) is 12.0. The number of urea groups is 1. The van der Waals surface area contributed by atoms with Gasteiger partial charge in [0.1, 0.15) is 0 Å². The summed E-state index contributed by atoms with van der Waals surface area (Å²) in [4.78, 5) is 21.7. The van der Waals surface area contributed by atoms with Crippen molar-refractivity contribution < 1.29 is 14.7 Å². The molecule has 5 nitrogen and oxygen atoms in total. The normalized spacial score (nSPS) is 11.8. The van der Waals surface area contributed by atoms with Crippen LogP contribution in [-0.2, 0) is 11.3 Å². The number of carbonyl (C=O) groups is 2. The van der Waals surface area contributed by atoms with Crippen LogP contribution < -0.4 is 10.6 Å². The van der Waals surface area contributed by atoms with Crippen LogP contribution in [0.4, 0.5) is 4.79 Å². The number of hydrogen-bond acceptors (Lipinski definition) is 3. The molecule has 0 saturated carbocycles. The van der Waals surface area contributed by atoms with E-state index in [0.29, 0.717) is 6.54 Å². The van der Waals surface area contributed by atoms with E-state index in [0.717, 1.165) is 5.56 Å². The summed E-state index contributed by atoms with van der Waals surface area (Å²) in [6.45, 7) is 2.13. The topological polar surface area (TPSA) is 78.4 Å². The molecule has 0 saturated heterocycles. The number of carboxylic acid groups (broad SMARTS) is 1. The first-order valence-corrected chi connectivity index (χ1v) is 5.79. The van der Waals surface area contributed by atoms with E-state index < -0.39 is 11.9 Å². The second-order valence-corrected chi connectivity index (χ2v) is 4.21. The summed E-state index contributed by atoms with van der Waals surface area (Å²) in [5, 5.41) is 17.6. The zero-order valence-electron chi connectivity index (χ0n) is 8.90. The van der Waals surface area contributed by atoms with Gasteiger partial charge in [0, 0.05) is 13.1 Å². The molecule has 3 N–H and O–H groups in total. The zero-order valence-corrected chi connectivity index (χ0v) is 9.71. The van der Waals surface area contributed by atoms with E-state index in [-0.39, 0.29) is 12.6 Å². The molecule has 1 rings (SSSR count). The Kier molecular flexibility index (Phi) is 4.78. The lowest BCUT2D eigenvalue weighted by Crippen LogP contribution is -2.38. The largest absolute Gasteiger partial charge is 0.481 e. The Hall–Kier alpha value is -1.56. The highest BCUT2D eigenvalue weighted by Crippen LogP contribution is 2.04. The molecular formula is C10H14N2O3S. The molecule has 88 valence electrons. The molecule has 1 aromatic rings. The molecule has 1 heterocycles. The van der Waals surface area contributed by atoms with E-state index in [9.17, 15) is 9.59 Å². The van der Waals surface area contributed by atoms with Crippen LogP contribution >= 0.6 is 11.3 Å². The molecule has 1 atom stereocenters. The van der Waals surface area contributed by atoms with Gasteiger partial charge < -0.3 is 15.7 Å². The van der Waals surface area contributed by atoms with Crippen LogP contribution in [0.25, 0.3) is 0 Å². The van der Waals surface area contributed by atoms with E-state index in [4.69, 9.17) is 5.11 Å². The Bertz CT molecular complexity index is 351. The van der Waals surface area contributed by atoms with E-state index in [2.05, 4.69) is 10.6 Å². The molecule has 0 aliphatic heterocycles. The van der Waals surface area contributed by atoms with Crippen molar-refractivity contribution in [3.05, 3.63) is 22.4 Å². The molecular weight excluding hydrogens is 228 g/mol. The smallest absolute Gasteiger partial charge is 0.315 e. The highest BCUT2D eigenvalue weighted by Gasteiger charge is 2.11. The lowest BCUT2D eigenvalue weighted by Gasteiger charge is -2.09. The molecule has 0 radical (unpaired) electrons. The number of hydrogen-bond donors (Lipinski definition) is 3. The first kappa shape index (κ1) is 12.5. The number of aliphatic carboxylic acids is 1. The lowest BCUT2D eigenvalue weighted by atomic mass is 10.2. The van der Waals surface area contributed by atoms with Crippen molar-refractivity contribution in [2.24, 2.45) is 5.92 Å². The minimum absolute atomic E-state index is 0.130. The van der Waals surface area contributed by atoms with Crippen molar-refractivity contribution in [2.45, 2.75) is 13.5 Å². The molecule has 2 amide bonds. The second-order valence-electron chi connectivity index (χ2n) is 3.43. The molecule has 0 aliphatic rings. The standard InChI is InChI=1S/C10H14N2O3S/c1-7(9(13)14)4-11-10(15)12-5-8-2-3-16-6-8/h2-3,6-7H,4-5H2,1H3,(H,13,14)(H2,11,12,15). The number of carboxylic acids is 1. The van der Waals surface area contributed by atoms with Crippen LogP contribution in [0.2, 0.25) is 0 Å². The van der Waals surface area contributed by atoms with Gasteiger partial charge in [-0.25, -0.2) is 4.79 Å². The number of carbonyl (C=O) groups excluding carboxylic acids is 1. The third kappa shape index (κ3) is 4.31. The molecule has 16 heavy (non-hydrogen) atoms. The number of thiophene rings is 1. The summed E-state index contributed by atoms with van der Waals surface area (Å²) in [5.41, 5.74) is 1.03. The third-order valence-electron chi connectivity index (χ3n) is 2.02. The average molecular weight is 242 g/mol. The van der Waals surface area contributed by atoms with Gasteiger partial charge in [-0.15, -0.1) is 0 Å². The summed E-state index contributed by atoms with van der Waals surface area (Å²) in [5.74, 6) is -1.50. The quantitative estimate of drug-likeness (QED) is 0.727. The maximum Gasteiger partial charge on any atom is 0.315 e. The Balaban J connectivity index is 2.19. The fourth-order valence-corrected chi connectivity index (χ4v) is 1.64. The Labute approximate surface area is 97.5 Å². The highest BCUT2D eigenvalue weighted by molar-refractivity contribution is 7.07. The van der Waals surface area contributed by atoms with Gasteiger partial charge in [0.25, 0.3) is 0 Å². The number of amides is 2. The molecule has 1 unspecified atom stereocenters. The van der Waals surface area contributed by atoms with Crippen LogP contribution in [0.5, 0.6) is 0 Å². The van der Waals surface area contributed by atoms with Gasteiger partial charge >= 0.3 is 12.0 Å². The second kappa shape index (κ2) is 6.12. The van der Waals surface area contributed by atoms with Crippen LogP contribution in [0.1, 0.15) is 12.5 Å². The maximum absolute atomic E-state index is 11.3. The molecule has 0 aromatic carbocycles. The van der Waals surface area contributed by atoms with E-state index in [1.807, 2.05) is 16.8 Å². The van der Waals surface area contributed by atoms with Gasteiger partial charge in [-0.2, -0.15) is 11.3 Å². The van der Waals surface area contributed by atoms with E-state index >= 15 is 0 Å². The summed E-state index contributed by atoms with van der Waals surface area (Å²) in [6.07, 6.45) is 0. The predicted molar refractivity (Wildman–Crippen MR) is 61.4 cm³/mol. The lowest BCUT2D eigenvalue weighted by molar-refractivity contribution is -0.140. The number of rotatable bonds is 5. The molecule has 0 spiro atoms. The molecule has 0 aliphatic carbocycles. The monoisotopic (exact) mass is 242 g/mol. The summed E-state index contributed by atoms with van der Waals surface area (Å²) in [7, 11) is 0. The van der Waals surface area contributed by atoms with Gasteiger partial charge in [0.15, 0.2) is 0 Å². The Morgan fingerprint density at radius 3 is 2.81 bits per heavy atom. The molecule has 6 heteroatoms. The number of nitrogens with one attached hydrogen (secondary N) is 2. The third-order valence-corrected chi connectivity index (χ3v) is 2.76. The maximum atomic E-state index is 11.3. The van der Waals surface area contributed by atoms with Crippen LogP contribution in [0.15, 0.2) is 16.8 Å². The van der Waals surface area contributed by atoms with Gasteiger partial charge in [-0.3, -0.25) is 4.79 Å².